The van der Waals surface area contributed by atoms with Crippen molar-refractivity contribution >= 4 is 12.0 Å². The van der Waals surface area contributed by atoms with Crippen molar-refractivity contribution < 1.29 is 14.6 Å². The zero-order valence-corrected chi connectivity index (χ0v) is 11.4. The number of carboxylic acid groups (broad SMARTS) is 1. The zero-order chi connectivity index (χ0) is 15.2. The maximum Gasteiger partial charge on any atom is 0.346 e. The lowest BCUT2D eigenvalue weighted by molar-refractivity contribution is -0.132. The first-order valence-corrected chi connectivity index (χ1v) is 6.28. The summed E-state index contributed by atoms with van der Waals surface area (Å²) in [6.45, 7) is 2.00. The molecule has 0 amide bonds. The van der Waals surface area contributed by atoms with Gasteiger partial charge in [-0.25, -0.2) is 4.79 Å². The van der Waals surface area contributed by atoms with Gasteiger partial charge in [0.1, 0.15) is 23.1 Å². The van der Waals surface area contributed by atoms with Crippen LogP contribution in [-0.4, -0.2) is 11.1 Å². The molecule has 0 saturated carbocycles. The van der Waals surface area contributed by atoms with Gasteiger partial charge in [0.05, 0.1) is 0 Å². The van der Waals surface area contributed by atoms with Crippen LogP contribution >= 0.6 is 0 Å². The fourth-order valence-electron chi connectivity index (χ4n) is 1.68. The molecule has 0 radical (unpaired) electrons. The van der Waals surface area contributed by atoms with Gasteiger partial charge in [0.25, 0.3) is 0 Å². The van der Waals surface area contributed by atoms with Gasteiger partial charge in [-0.15, -0.1) is 0 Å². The van der Waals surface area contributed by atoms with E-state index in [4.69, 9.17) is 15.1 Å². The van der Waals surface area contributed by atoms with Crippen LogP contribution in [0.25, 0.3) is 6.08 Å². The Kier molecular flexibility index (Phi) is 4.37. The van der Waals surface area contributed by atoms with E-state index < -0.39 is 5.97 Å². The van der Waals surface area contributed by atoms with Gasteiger partial charge in [0, 0.05) is 0 Å². The third-order valence-electron chi connectivity index (χ3n) is 2.80. The second-order valence-corrected chi connectivity index (χ2v) is 4.46. The fourth-order valence-corrected chi connectivity index (χ4v) is 1.68. The van der Waals surface area contributed by atoms with Crippen molar-refractivity contribution in [1.82, 2.24) is 0 Å². The molecule has 4 heteroatoms. The minimum Gasteiger partial charge on any atom is -0.477 e. The molecule has 1 N–H and O–H groups in total. The maximum absolute atomic E-state index is 10.8. The van der Waals surface area contributed by atoms with Gasteiger partial charge in [-0.1, -0.05) is 29.8 Å². The van der Waals surface area contributed by atoms with Crippen molar-refractivity contribution in [2.75, 3.05) is 0 Å². The normalized spacial score (nSPS) is 10.8. The van der Waals surface area contributed by atoms with E-state index in [0.29, 0.717) is 11.3 Å². The third-order valence-corrected chi connectivity index (χ3v) is 2.80. The molecule has 2 aromatic rings. The predicted molar refractivity (Wildman–Crippen MR) is 78.9 cm³/mol. The lowest BCUT2D eigenvalue weighted by Crippen LogP contribution is -1.97. The van der Waals surface area contributed by atoms with E-state index in [2.05, 4.69) is 0 Å². The summed E-state index contributed by atoms with van der Waals surface area (Å²) in [7, 11) is 0. The van der Waals surface area contributed by atoms with Crippen molar-refractivity contribution in [3.8, 4) is 17.6 Å². The molecule has 0 bridgehead atoms. The van der Waals surface area contributed by atoms with Crippen molar-refractivity contribution in [3.63, 3.8) is 0 Å². The summed E-state index contributed by atoms with van der Waals surface area (Å²) in [5.41, 5.74) is 1.48. The van der Waals surface area contributed by atoms with Crippen LogP contribution in [0.4, 0.5) is 0 Å². The Morgan fingerprint density at radius 1 is 1.10 bits per heavy atom. The van der Waals surface area contributed by atoms with Gasteiger partial charge in [0.15, 0.2) is 0 Å². The number of rotatable bonds is 4. The number of aliphatic carboxylic acids is 1. The second kappa shape index (κ2) is 6.40. The van der Waals surface area contributed by atoms with Crippen molar-refractivity contribution in [1.29, 1.82) is 5.26 Å². The Labute approximate surface area is 122 Å². The van der Waals surface area contributed by atoms with Crippen molar-refractivity contribution in [2.24, 2.45) is 0 Å². The largest absolute Gasteiger partial charge is 0.477 e. The molecule has 21 heavy (non-hydrogen) atoms. The molecule has 0 aliphatic carbocycles. The van der Waals surface area contributed by atoms with Crippen molar-refractivity contribution in [2.45, 2.75) is 6.92 Å². The average Bonchev–Trinajstić information content (AvgIpc) is 2.48. The Morgan fingerprint density at radius 2 is 1.62 bits per heavy atom. The topological polar surface area (TPSA) is 70.3 Å². The van der Waals surface area contributed by atoms with E-state index in [1.165, 1.54) is 6.08 Å². The number of benzene rings is 2. The monoisotopic (exact) mass is 279 g/mol. The van der Waals surface area contributed by atoms with Gasteiger partial charge in [-0.05, 0) is 42.8 Å². The first kappa shape index (κ1) is 14.4. The molecule has 0 fully saturated rings. The van der Waals surface area contributed by atoms with E-state index >= 15 is 0 Å². The van der Waals surface area contributed by atoms with Crippen LogP contribution in [0, 0.1) is 18.3 Å². The predicted octanol–water partition coefficient (Wildman–Crippen LogP) is 3.78. The number of nitrogens with zero attached hydrogens (tertiary/aromatic N) is 1. The summed E-state index contributed by atoms with van der Waals surface area (Å²) < 4.78 is 5.67. The van der Waals surface area contributed by atoms with Gasteiger partial charge in [-0.2, -0.15) is 5.26 Å². The summed E-state index contributed by atoms with van der Waals surface area (Å²) in [5, 5.41) is 17.5. The van der Waals surface area contributed by atoms with Gasteiger partial charge in [0.2, 0.25) is 0 Å². The molecular weight excluding hydrogens is 266 g/mol. The van der Waals surface area contributed by atoms with Gasteiger partial charge < -0.3 is 9.84 Å². The van der Waals surface area contributed by atoms with Crippen LogP contribution in [0.3, 0.4) is 0 Å². The Balaban J connectivity index is 2.14. The van der Waals surface area contributed by atoms with E-state index in [1.807, 2.05) is 31.2 Å². The highest BCUT2D eigenvalue weighted by molar-refractivity contribution is 5.96. The van der Waals surface area contributed by atoms with Crippen LogP contribution in [0.5, 0.6) is 11.5 Å². The molecule has 2 aromatic carbocycles. The third kappa shape index (κ3) is 3.95. The van der Waals surface area contributed by atoms with E-state index in [9.17, 15) is 4.79 Å². The summed E-state index contributed by atoms with van der Waals surface area (Å²) >= 11 is 0. The van der Waals surface area contributed by atoms with Crippen molar-refractivity contribution in [3.05, 3.63) is 65.2 Å². The molecule has 0 heterocycles. The highest BCUT2D eigenvalue weighted by atomic mass is 16.5. The SMILES string of the molecule is Cc1ccc(Oc2ccc(C=C(C#N)C(=O)O)cc2)cc1. The Hall–Kier alpha value is -3.06. The van der Waals surface area contributed by atoms with Crippen LogP contribution in [-0.2, 0) is 4.79 Å². The molecule has 0 aliphatic heterocycles. The maximum atomic E-state index is 10.8. The highest BCUT2D eigenvalue weighted by Crippen LogP contribution is 2.22. The quantitative estimate of drug-likeness (QED) is 0.683. The van der Waals surface area contributed by atoms with Crippen LogP contribution < -0.4 is 4.74 Å². The molecule has 0 aliphatic rings. The molecule has 0 spiro atoms. The van der Waals surface area contributed by atoms with Crippen LogP contribution in [0.2, 0.25) is 0 Å². The molecular formula is C17H13NO3. The first-order valence-electron chi connectivity index (χ1n) is 6.28. The molecule has 2 rings (SSSR count). The summed E-state index contributed by atoms with van der Waals surface area (Å²) in [5.74, 6) is 0.134. The Morgan fingerprint density at radius 3 is 2.10 bits per heavy atom. The number of nitriles is 1. The average molecular weight is 279 g/mol. The standard InChI is InChI=1S/C17H13NO3/c1-12-2-6-15(7-3-12)21-16-8-4-13(5-9-16)10-14(11-18)17(19)20/h2-10H,1H3,(H,19,20). The van der Waals surface area contributed by atoms with E-state index in [-0.39, 0.29) is 5.57 Å². The molecule has 0 unspecified atom stereocenters. The van der Waals surface area contributed by atoms with Gasteiger partial charge >= 0.3 is 5.97 Å². The first-order chi connectivity index (χ1) is 10.1. The molecule has 0 aromatic heterocycles. The smallest absolute Gasteiger partial charge is 0.346 e. The molecule has 0 atom stereocenters. The fraction of sp³-hybridized carbons (Fsp3) is 0.0588. The van der Waals surface area contributed by atoms with E-state index in [1.54, 1.807) is 30.3 Å². The number of aryl methyl sites for hydroxylation is 1. The number of hydrogen-bond donors (Lipinski definition) is 1. The number of ether oxygens (including phenoxy) is 1. The van der Waals surface area contributed by atoms with Gasteiger partial charge in [-0.3, -0.25) is 0 Å². The minimum atomic E-state index is -1.24. The number of hydrogen-bond acceptors (Lipinski definition) is 3. The number of carbonyl (C=O) groups is 1. The Bertz CT molecular complexity index is 707. The summed E-state index contributed by atoms with van der Waals surface area (Å²) in [4.78, 5) is 10.8. The lowest BCUT2D eigenvalue weighted by atomic mass is 10.1. The summed E-state index contributed by atoms with van der Waals surface area (Å²) in [6, 6.07) is 16.2. The van der Waals surface area contributed by atoms with Crippen LogP contribution in [0.1, 0.15) is 11.1 Å². The molecule has 104 valence electrons. The molecule has 4 nitrogen and oxygen atoms in total. The number of carboxylic acids is 1. The highest BCUT2D eigenvalue weighted by Gasteiger charge is 2.05. The lowest BCUT2D eigenvalue weighted by Gasteiger charge is -2.06. The van der Waals surface area contributed by atoms with Crippen LogP contribution in [0.15, 0.2) is 54.1 Å². The summed E-state index contributed by atoms with van der Waals surface area (Å²) in [6.07, 6.45) is 1.32. The van der Waals surface area contributed by atoms with E-state index in [0.717, 1.165) is 11.3 Å². The zero-order valence-electron chi connectivity index (χ0n) is 11.4. The second-order valence-electron chi connectivity index (χ2n) is 4.46. The minimum absolute atomic E-state index is 0.304. The molecule has 0 saturated heterocycles.